The van der Waals surface area contributed by atoms with E-state index in [-0.39, 0.29) is 11.9 Å². The van der Waals surface area contributed by atoms with Crippen molar-refractivity contribution in [3.05, 3.63) is 52.3 Å². The predicted molar refractivity (Wildman–Crippen MR) is 119 cm³/mol. The number of aryl methyl sites for hydroxylation is 2. The van der Waals surface area contributed by atoms with Crippen molar-refractivity contribution in [1.29, 1.82) is 0 Å². The Kier molecular flexibility index (Phi) is 5.96. The second kappa shape index (κ2) is 8.67. The second-order valence-electron chi connectivity index (χ2n) is 8.37. The maximum Gasteiger partial charge on any atom is 0.313 e. The maximum atomic E-state index is 13.1. The van der Waals surface area contributed by atoms with Gasteiger partial charge in [-0.25, -0.2) is 0 Å². The number of fused-ring (bicyclic) bond motifs is 1. The first kappa shape index (κ1) is 21.3. The number of pyridine rings is 1. The summed E-state index contributed by atoms with van der Waals surface area (Å²) < 4.78 is 0. The first-order valence-corrected chi connectivity index (χ1v) is 10.9. The fourth-order valence-corrected chi connectivity index (χ4v) is 4.39. The molecule has 0 saturated carbocycles. The summed E-state index contributed by atoms with van der Waals surface area (Å²) in [5.41, 5.74) is 3.92. The normalized spacial score (nSPS) is 20.6. The molecule has 1 aromatic carbocycles. The smallest absolute Gasteiger partial charge is 0.313 e. The highest BCUT2D eigenvalue weighted by Crippen LogP contribution is 2.36. The van der Waals surface area contributed by atoms with Gasteiger partial charge in [-0.2, -0.15) is 0 Å². The van der Waals surface area contributed by atoms with E-state index < -0.39 is 11.8 Å². The van der Waals surface area contributed by atoms with Crippen molar-refractivity contribution < 1.29 is 14.4 Å². The number of likely N-dealkylation sites (tertiary alicyclic amines) is 1. The molecule has 1 saturated heterocycles. The molecule has 1 aromatic heterocycles. The Morgan fingerprint density at radius 2 is 2.03 bits per heavy atom. The molecule has 8 heteroatoms. The van der Waals surface area contributed by atoms with Gasteiger partial charge in [-0.15, -0.1) is 0 Å². The largest absolute Gasteiger partial charge is 0.327 e. The van der Waals surface area contributed by atoms with E-state index >= 15 is 0 Å². The lowest BCUT2D eigenvalue weighted by Crippen LogP contribution is -2.46. The number of carbonyl (C=O) groups excluding carboxylic acids is 3. The number of hydrogen-bond acceptors (Lipinski definition) is 4. The van der Waals surface area contributed by atoms with Crippen molar-refractivity contribution in [2.45, 2.75) is 45.6 Å². The SMILES string of the molecule is Cc1ncc(NC(=O)C(=O)N2C[C@@H](C)CC[C@@H]2c2ccc3c(c2)CCC(=O)N3)cc1Cl. The average molecular weight is 441 g/mol. The minimum absolute atomic E-state index is 0.0194. The van der Waals surface area contributed by atoms with Gasteiger partial charge in [-0.3, -0.25) is 19.4 Å². The Balaban J connectivity index is 1.55. The zero-order chi connectivity index (χ0) is 22.1. The number of benzene rings is 1. The monoisotopic (exact) mass is 440 g/mol. The van der Waals surface area contributed by atoms with Gasteiger partial charge in [0.1, 0.15) is 0 Å². The molecule has 31 heavy (non-hydrogen) atoms. The van der Waals surface area contributed by atoms with Crippen LogP contribution in [0.25, 0.3) is 0 Å². The summed E-state index contributed by atoms with van der Waals surface area (Å²) in [4.78, 5) is 43.3. The van der Waals surface area contributed by atoms with E-state index in [1.807, 2.05) is 12.1 Å². The lowest BCUT2D eigenvalue weighted by atomic mass is 9.88. The van der Waals surface area contributed by atoms with Crippen LogP contribution in [0.3, 0.4) is 0 Å². The van der Waals surface area contributed by atoms with E-state index in [0.29, 0.717) is 41.7 Å². The summed E-state index contributed by atoms with van der Waals surface area (Å²) in [6, 6.07) is 7.28. The van der Waals surface area contributed by atoms with Crippen LogP contribution < -0.4 is 10.6 Å². The topological polar surface area (TPSA) is 91.4 Å². The molecule has 2 atom stereocenters. The van der Waals surface area contributed by atoms with E-state index in [1.54, 1.807) is 17.9 Å². The molecule has 0 spiro atoms. The summed E-state index contributed by atoms with van der Waals surface area (Å²) in [6.45, 7) is 4.36. The van der Waals surface area contributed by atoms with Gasteiger partial charge in [0.15, 0.2) is 0 Å². The van der Waals surface area contributed by atoms with Crippen LogP contribution in [0.2, 0.25) is 5.02 Å². The molecule has 2 aromatic rings. The van der Waals surface area contributed by atoms with Crippen LogP contribution in [0, 0.1) is 12.8 Å². The lowest BCUT2D eigenvalue weighted by Gasteiger charge is -2.39. The number of halogens is 1. The molecule has 7 nitrogen and oxygen atoms in total. The number of nitrogens with one attached hydrogen (secondary N) is 2. The molecule has 162 valence electrons. The van der Waals surface area contributed by atoms with Crippen LogP contribution in [0.4, 0.5) is 11.4 Å². The zero-order valence-electron chi connectivity index (χ0n) is 17.6. The number of piperidine rings is 1. The van der Waals surface area contributed by atoms with E-state index in [9.17, 15) is 14.4 Å². The number of carbonyl (C=O) groups is 3. The molecular formula is C23H25ClN4O3. The summed E-state index contributed by atoms with van der Waals surface area (Å²) in [5.74, 6) is -0.948. The van der Waals surface area contributed by atoms with Gasteiger partial charge in [0.05, 0.1) is 28.6 Å². The van der Waals surface area contributed by atoms with Crippen LogP contribution >= 0.6 is 11.6 Å². The van der Waals surface area contributed by atoms with E-state index in [4.69, 9.17) is 11.6 Å². The van der Waals surface area contributed by atoms with Gasteiger partial charge in [0.2, 0.25) is 5.91 Å². The summed E-state index contributed by atoms with van der Waals surface area (Å²) in [6.07, 6.45) is 4.37. The van der Waals surface area contributed by atoms with Gasteiger partial charge in [0, 0.05) is 18.7 Å². The number of amides is 3. The summed E-state index contributed by atoms with van der Waals surface area (Å²) in [5, 5.41) is 5.94. The van der Waals surface area contributed by atoms with Gasteiger partial charge in [-0.05, 0) is 55.4 Å². The van der Waals surface area contributed by atoms with Gasteiger partial charge in [-0.1, -0.05) is 30.7 Å². The Bertz CT molecular complexity index is 1060. The fourth-order valence-electron chi connectivity index (χ4n) is 4.22. The maximum absolute atomic E-state index is 13.1. The molecule has 1 fully saturated rings. The average Bonchev–Trinajstić information content (AvgIpc) is 2.75. The van der Waals surface area contributed by atoms with Crippen molar-refractivity contribution in [2.24, 2.45) is 5.92 Å². The first-order chi connectivity index (χ1) is 14.8. The molecule has 3 amide bonds. The second-order valence-corrected chi connectivity index (χ2v) is 8.77. The minimum Gasteiger partial charge on any atom is -0.327 e. The van der Waals surface area contributed by atoms with E-state index in [1.165, 1.54) is 6.20 Å². The van der Waals surface area contributed by atoms with E-state index in [2.05, 4.69) is 28.6 Å². The molecule has 2 N–H and O–H groups in total. The lowest BCUT2D eigenvalue weighted by molar-refractivity contribution is -0.146. The van der Waals surface area contributed by atoms with Gasteiger partial charge < -0.3 is 15.5 Å². The molecule has 0 bridgehead atoms. The molecular weight excluding hydrogens is 416 g/mol. The van der Waals surface area contributed by atoms with Crippen LogP contribution in [0.15, 0.2) is 30.5 Å². The third-order valence-corrected chi connectivity index (χ3v) is 6.35. The number of rotatable bonds is 2. The molecule has 2 aliphatic rings. The highest BCUT2D eigenvalue weighted by atomic mass is 35.5. The number of hydrogen-bond donors (Lipinski definition) is 2. The molecule has 0 unspecified atom stereocenters. The van der Waals surface area contributed by atoms with Crippen LogP contribution in [-0.2, 0) is 20.8 Å². The van der Waals surface area contributed by atoms with Crippen molar-refractivity contribution in [3.63, 3.8) is 0 Å². The van der Waals surface area contributed by atoms with Crippen molar-refractivity contribution in [2.75, 3.05) is 17.2 Å². The highest BCUT2D eigenvalue weighted by Gasteiger charge is 2.34. The minimum atomic E-state index is -0.703. The molecule has 4 rings (SSSR count). The highest BCUT2D eigenvalue weighted by molar-refractivity contribution is 6.39. The van der Waals surface area contributed by atoms with Gasteiger partial charge >= 0.3 is 11.8 Å². The zero-order valence-corrected chi connectivity index (χ0v) is 18.3. The van der Waals surface area contributed by atoms with Crippen LogP contribution in [0.1, 0.15) is 49.0 Å². The number of nitrogens with zero attached hydrogens (tertiary/aromatic N) is 2. The van der Waals surface area contributed by atoms with Crippen LogP contribution in [-0.4, -0.2) is 34.2 Å². The van der Waals surface area contributed by atoms with Crippen molar-refractivity contribution >= 4 is 40.7 Å². The molecule has 0 aliphatic carbocycles. The van der Waals surface area contributed by atoms with Gasteiger partial charge in [0.25, 0.3) is 0 Å². The predicted octanol–water partition coefficient (Wildman–Crippen LogP) is 3.87. The standard InChI is InChI=1S/C23H25ClN4O3/c1-13-3-7-20(16-4-6-19-15(9-16)5-8-21(29)27-19)28(12-13)23(31)22(30)26-17-10-18(24)14(2)25-11-17/h4,6,9-11,13,20H,3,5,7-8,12H2,1-2H3,(H,26,30)(H,27,29)/t13-,20+/m0/s1. The quantitative estimate of drug-likeness (QED) is 0.693. The first-order valence-electron chi connectivity index (χ1n) is 10.5. The Hall–Kier alpha value is -2.93. The fraction of sp³-hybridized carbons (Fsp3) is 0.391. The molecule has 0 radical (unpaired) electrons. The summed E-state index contributed by atoms with van der Waals surface area (Å²) in [7, 11) is 0. The number of anilines is 2. The van der Waals surface area contributed by atoms with Crippen molar-refractivity contribution in [3.8, 4) is 0 Å². The van der Waals surface area contributed by atoms with E-state index in [0.717, 1.165) is 29.7 Å². The van der Waals surface area contributed by atoms with Crippen molar-refractivity contribution in [1.82, 2.24) is 9.88 Å². The third-order valence-electron chi connectivity index (χ3n) is 5.97. The Morgan fingerprint density at radius 3 is 2.81 bits per heavy atom. The molecule has 2 aliphatic heterocycles. The molecule has 3 heterocycles. The van der Waals surface area contributed by atoms with Crippen LogP contribution in [0.5, 0.6) is 0 Å². The third kappa shape index (κ3) is 4.56. The Morgan fingerprint density at radius 1 is 1.23 bits per heavy atom. The Labute approximate surface area is 186 Å². The number of aromatic nitrogens is 1. The summed E-state index contributed by atoms with van der Waals surface area (Å²) >= 11 is 6.08.